The molecule has 1 aromatic heterocycles. The van der Waals surface area contributed by atoms with E-state index in [1.54, 1.807) is 0 Å². The summed E-state index contributed by atoms with van der Waals surface area (Å²) in [4.78, 5) is 14.8. The third-order valence-electron chi connectivity index (χ3n) is 1.95. The van der Waals surface area contributed by atoms with Crippen LogP contribution in [0.5, 0.6) is 0 Å². The third-order valence-corrected chi connectivity index (χ3v) is 2.44. The fourth-order valence-electron chi connectivity index (χ4n) is 1.07. The van der Waals surface area contributed by atoms with Gasteiger partial charge in [-0.3, -0.25) is 4.98 Å². The quantitative estimate of drug-likeness (QED) is 0.361. The number of carbonyl (C=O) groups excluding carboxylic acids is 1. The average Bonchev–Trinajstić information content (AvgIpc) is 2.49. The Kier molecular flexibility index (Phi) is 6.07. The maximum absolute atomic E-state index is 11.2. The maximum atomic E-state index is 11.2. The molecule has 6 nitrogen and oxygen atoms in total. The molecule has 0 unspecified atom stereocenters. The van der Waals surface area contributed by atoms with Crippen molar-refractivity contribution in [1.29, 1.82) is 0 Å². The van der Waals surface area contributed by atoms with Gasteiger partial charge in [0.2, 0.25) is 0 Å². The first-order valence-electron chi connectivity index (χ1n) is 5.21. The highest BCUT2D eigenvalue weighted by Crippen LogP contribution is 1.96. The second-order valence-electron chi connectivity index (χ2n) is 3.24. The number of nitrogens with zero attached hydrogens (tertiary/aromatic N) is 2. The van der Waals surface area contributed by atoms with Crippen LogP contribution in [0, 0.1) is 0 Å². The van der Waals surface area contributed by atoms with Gasteiger partial charge in [0.05, 0.1) is 9.62 Å². The first-order chi connectivity index (χ1) is 9.13. The van der Waals surface area contributed by atoms with Crippen LogP contribution in [0.4, 0.5) is 0 Å². The first kappa shape index (κ1) is 14.7. The Balaban J connectivity index is 0.000000250. The van der Waals surface area contributed by atoms with E-state index >= 15 is 0 Å². The Morgan fingerprint density at radius 2 is 1.42 bits per heavy atom. The summed E-state index contributed by atoms with van der Waals surface area (Å²) in [6, 6.07) is 14.7. The molecular formula is C12H12N3O3S+. The van der Waals surface area contributed by atoms with E-state index in [1.807, 2.05) is 36.4 Å². The van der Waals surface area contributed by atoms with Crippen molar-refractivity contribution in [3.63, 3.8) is 0 Å². The zero-order chi connectivity index (χ0) is 14.1. The minimum absolute atomic E-state index is 0.120. The van der Waals surface area contributed by atoms with E-state index in [2.05, 4.69) is 4.98 Å². The Labute approximate surface area is 111 Å². The lowest BCUT2D eigenvalue weighted by Crippen LogP contribution is -2.26. The summed E-state index contributed by atoms with van der Waals surface area (Å²) in [6.45, 7) is 0. The van der Waals surface area contributed by atoms with Crippen molar-refractivity contribution in [2.45, 2.75) is 0 Å². The van der Waals surface area contributed by atoms with Crippen molar-refractivity contribution >= 4 is 16.4 Å². The lowest BCUT2D eigenvalue weighted by atomic mass is 10.3. The van der Waals surface area contributed by atoms with Gasteiger partial charge >= 0.3 is 16.4 Å². The molecule has 0 radical (unpaired) electrons. The minimum Gasteiger partial charge on any atom is -0.265 e. The van der Waals surface area contributed by atoms with Crippen molar-refractivity contribution in [2.24, 2.45) is 5.84 Å². The number of benzene rings is 1. The number of pyridine rings is 1. The first-order valence-corrected chi connectivity index (χ1v) is 6.24. The zero-order valence-corrected chi connectivity index (χ0v) is 10.7. The van der Waals surface area contributed by atoms with Gasteiger partial charge in [-0.2, -0.15) is 0 Å². The van der Waals surface area contributed by atoms with Gasteiger partial charge in [0.1, 0.15) is 0 Å². The number of aromatic nitrogens is 1. The highest BCUT2D eigenvalue weighted by atomic mass is 32.2. The predicted molar refractivity (Wildman–Crippen MR) is 68.4 cm³/mol. The van der Waals surface area contributed by atoms with Gasteiger partial charge in [-0.15, -0.1) is 8.42 Å². The fraction of sp³-hybridized carbons (Fsp3) is 0. The standard InChI is InChI=1S/C6H6N3O3S.C6H6/c7-9(13(11)12)6(10)5-1-3-8-4-2-5;1-2-4-6-5-3-1/h1-4H,7H2;1-6H/q+1;. The van der Waals surface area contributed by atoms with Crippen LogP contribution in [0.1, 0.15) is 10.4 Å². The zero-order valence-electron chi connectivity index (χ0n) is 9.88. The summed E-state index contributed by atoms with van der Waals surface area (Å²) in [5, 5.41) is 0. The van der Waals surface area contributed by atoms with Gasteiger partial charge in [0, 0.05) is 12.4 Å². The van der Waals surface area contributed by atoms with Crippen LogP contribution in [0.2, 0.25) is 0 Å². The van der Waals surface area contributed by atoms with E-state index in [-0.39, 0.29) is 9.62 Å². The van der Waals surface area contributed by atoms with Gasteiger partial charge in [-0.25, -0.2) is 4.79 Å². The minimum atomic E-state index is -2.75. The molecule has 0 saturated heterocycles. The van der Waals surface area contributed by atoms with Crippen molar-refractivity contribution in [3.8, 4) is 0 Å². The SMILES string of the molecule is N[N+](C(=O)c1ccncc1)=S(=O)=O.c1ccccc1. The van der Waals surface area contributed by atoms with E-state index < -0.39 is 16.4 Å². The second kappa shape index (κ2) is 7.85. The Hall–Kier alpha value is -2.38. The van der Waals surface area contributed by atoms with E-state index in [0.29, 0.717) is 0 Å². The molecule has 1 aromatic carbocycles. The number of rotatable bonds is 1. The molecule has 2 rings (SSSR count). The monoisotopic (exact) mass is 278 g/mol. The molecular weight excluding hydrogens is 266 g/mol. The lowest BCUT2D eigenvalue weighted by Gasteiger charge is -1.88. The molecule has 1 amide bonds. The highest BCUT2D eigenvalue weighted by molar-refractivity contribution is 7.59. The Morgan fingerprint density at radius 1 is 1.00 bits per heavy atom. The number of carbonyl (C=O) groups is 1. The summed E-state index contributed by atoms with van der Waals surface area (Å²) in [5.74, 6) is 4.15. The number of nitrogens with two attached hydrogens (primary N) is 1. The summed E-state index contributed by atoms with van der Waals surface area (Å²) in [7, 11) is -2.75. The molecule has 0 aliphatic carbocycles. The molecule has 2 aromatic rings. The van der Waals surface area contributed by atoms with Crippen LogP contribution in [0.25, 0.3) is 0 Å². The van der Waals surface area contributed by atoms with Crippen LogP contribution in [-0.2, 0) is 10.5 Å². The molecule has 0 spiro atoms. The van der Waals surface area contributed by atoms with Crippen LogP contribution < -0.4 is 5.84 Å². The molecule has 0 aliphatic heterocycles. The predicted octanol–water partition coefficient (Wildman–Crippen LogP) is 0.857. The average molecular weight is 278 g/mol. The topological polar surface area (TPSA) is 93.1 Å². The summed E-state index contributed by atoms with van der Waals surface area (Å²) < 4.78 is 20.7. The van der Waals surface area contributed by atoms with Gasteiger partial charge < -0.3 is 0 Å². The molecule has 19 heavy (non-hydrogen) atoms. The van der Waals surface area contributed by atoms with Crippen LogP contribution in [0.15, 0.2) is 60.9 Å². The van der Waals surface area contributed by atoms with E-state index in [4.69, 9.17) is 5.84 Å². The van der Waals surface area contributed by atoms with Gasteiger partial charge in [0.15, 0.2) is 0 Å². The largest absolute Gasteiger partial charge is 0.492 e. The normalized spacial score (nSPS) is 8.89. The molecule has 0 saturated carbocycles. The molecule has 7 heteroatoms. The van der Waals surface area contributed by atoms with Crippen molar-refractivity contribution in [3.05, 3.63) is 66.5 Å². The van der Waals surface area contributed by atoms with Crippen LogP contribution >= 0.6 is 0 Å². The van der Waals surface area contributed by atoms with Crippen molar-refractivity contribution < 1.29 is 17.3 Å². The van der Waals surface area contributed by atoms with Crippen molar-refractivity contribution in [2.75, 3.05) is 0 Å². The molecule has 1 heterocycles. The third kappa shape index (κ3) is 5.19. The van der Waals surface area contributed by atoms with Gasteiger partial charge in [-0.1, -0.05) is 42.2 Å². The number of hydrazine groups is 1. The summed E-state index contributed by atoms with van der Waals surface area (Å²) in [5.41, 5.74) is 0.168. The molecule has 0 bridgehead atoms. The van der Waals surface area contributed by atoms with Crippen LogP contribution in [-0.4, -0.2) is 23.4 Å². The van der Waals surface area contributed by atoms with E-state index in [0.717, 1.165) is 0 Å². The van der Waals surface area contributed by atoms with Crippen molar-refractivity contribution in [1.82, 2.24) is 4.98 Å². The van der Waals surface area contributed by atoms with E-state index in [9.17, 15) is 13.2 Å². The Morgan fingerprint density at radius 3 is 1.79 bits per heavy atom. The maximum Gasteiger partial charge on any atom is 0.492 e. The second-order valence-corrected chi connectivity index (χ2v) is 4.07. The lowest BCUT2D eigenvalue weighted by molar-refractivity contribution is -0.414. The molecule has 0 aliphatic rings. The molecule has 98 valence electrons. The number of hydrogen-bond acceptors (Lipinski definition) is 4. The highest BCUT2D eigenvalue weighted by Gasteiger charge is 2.19. The summed E-state index contributed by atoms with van der Waals surface area (Å²) >= 11 is 0. The number of amides is 1. The molecule has 0 fully saturated rings. The fourth-order valence-corrected chi connectivity index (χ4v) is 1.32. The smallest absolute Gasteiger partial charge is 0.265 e. The van der Waals surface area contributed by atoms with E-state index in [1.165, 1.54) is 24.5 Å². The molecule has 2 N–H and O–H groups in total. The van der Waals surface area contributed by atoms with Gasteiger partial charge in [-0.05, 0) is 12.1 Å². The molecule has 0 atom stereocenters. The summed E-state index contributed by atoms with van der Waals surface area (Å²) in [6.07, 6.45) is 2.74. The Bertz CT molecular complexity index is 620. The number of hydrogen-bond donors (Lipinski definition) is 1. The van der Waals surface area contributed by atoms with Crippen LogP contribution in [0.3, 0.4) is 0 Å². The van der Waals surface area contributed by atoms with Gasteiger partial charge in [0.25, 0.3) is 0 Å².